The van der Waals surface area contributed by atoms with Gasteiger partial charge in [-0.05, 0) is 77.3 Å². The molecule has 3 nitrogen and oxygen atoms in total. The lowest BCUT2D eigenvalue weighted by atomic mass is 9.94. The molecule has 1 saturated heterocycles. The molecule has 134 valence electrons. The quantitative estimate of drug-likeness (QED) is 0.712. The molecule has 1 aromatic rings. The molecule has 1 aliphatic rings. The Morgan fingerprint density at radius 3 is 2.50 bits per heavy atom. The third-order valence-electron chi connectivity index (χ3n) is 4.41. The fourth-order valence-electron chi connectivity index (χ4n) is 2.95. The van der Waals surface area contributed by atoms with Gasteiger partial charge >= 0.3 is 0 Å². The second kappa shape index (κ2) is 8.89. The van der Waals surface area contributed by atoms with Gasteiger partial charge in [0.1, 0.15) is 11.4 Å². The van der Waals surface area contributed by atoms with Crippen molar-refractivity contribution in [2.45, 2.75) is 52.2 Å². The molecule has 1 atom stereocenters. The van der Waals surface area contributed by atoms with Crippen molar-refractivity contribution >= 4 is 11.6 Å². The van der Waals surface area contributed by atoms with E-state index in [2.05, 4.69) is 39.1 Å². The maximum atomic E-state index is 6.27. The number of allylic oxidation sites excluding steroid dienone is 1. The van der Waals surface area contributed by atoms with Crippen molar-refractivity contribution in [1.29, 1.82) is 0 Å². The van der Waals surface area contributed by atoms with Gasteiger partial charge in [0.2, 0.25) is 0 Å². The summed E-state index contributed by atoms with van der Waals surface area (Å²) < 4.78 is 11.7. The van der Waals surface area contributed by atoms with Gasteiger partial charge in [0, 0.05) is 18.2 Å². The van der Waals surface area contributed by atoms with E-state index in [1.807, 2.05) is 24.3 Å². The smallest absolute Gasteiger partial charge is 0.122 e. The van der Waals surface area contributed by atoms with E-state index in [1.54, 1.807) is 0 Å². The summed E-state index contributed by atoms with van der Waals surface area (Å²) in [6.07, 6.45) is 4.52. The summed E-state index contributed by atoms with van der Waals surface area (Å²) in [6.45, 7) is 11.3. The molecule has 0 saturated carbocycles. The van der Waals surface area contributed by atoms with E-state index >= 15 is 0 Å². The number of ether oxygens (including phenoxy) is 2. The number of hydrogen-bond donors (Lipinski definition) is 1. The van der Waals surface area contributed by atoms with Crippen molar-refractivity contribution in [2.24, 2.45) is 5.92 Å². The summed E-state index contributed by atoms with van der Waals surface area (Å²) in [5.74, 6) is 1.52. The summed E-state index contributed by atoms with van der Waals surface area (Å²) in [5, 5.41) is 4.43. The molecule has 0 bridgehead atoms. The van der Waals surface area contributed by atoms with Crippen LogP contribution in [-0.4, -0.2) is 31.4 Å². The molecule has 0 aliphatic carbocycles. The Labute approximate surface area is 151 Å². The van der Waals surface area contributed by atoms with E-state index in [4.69, 9.17) is 21.1 Å². The summed E-state index contributed by atoms with van der Waals surface area (Å²) >= 11 is 5.96. The Kier molecular flexibility index (Phi) is 7.15. The Hall–Kier alpha value is -1.03. The average Bonchev–Trinajstić information content (AvgIpc) is 2.54. The van der Waals surface area contributed by atoms with Gasteiger partial charge in [-0.1, -0.05) is 23.3 Å². The fraction of sp³-hybridized carbons (Fsp3) is 0.600. The zero-order valence-electron chi connectivity index (χ0n) is 15.3. The van der Waals surface area contributed by atoms with Crippen LogP contribution in [0.1, 0.15) is 40.5 Å². The van der Waals surface area contributed by atoms with Gasteiger partial charge in [0.15, 0.2) is 0 Å². The molecule has 1 unspecified atom stereocenters. The minimum atomic E-state index is -0.365. The van der Waals surface area contributed by atoms with E-state index in [0.29, 0.717) is 5.92 Å². The lowest BCUT2D eigenvalue weighted by Gasteiger charge is -2.35. The van der Waals surface area contributed by atoms with E-state index in [1.165, 1.54) is 5.57 Å². The summed E-state index contributed by atoms with van der Waals surface area (Å²) in [7, 11) is 0. The Morgan fingerprint density at radius 1 is 1.29 bits per heavy atom. The zero-order chi connectivity index (χ0) is 17.6. The molecule has 4 heteroatoms. The van der Waals surface area contributed by atoms with Crippen molar-refractivity contribution in [3.05, 3.63) is 40.9 Å². The third-order valence-corrected chi connectivity index (χ3v) is 4.66. The molecule has 1 heterocycles. The van der Waals surface area contributed by atoms with E-state index in [9.17, 15) is 0 Å². The Morgan fingerprint density at radius 2 is 1.92 bits per heavy atom. The van der Waals surface area contributed by atoms with Crippen molar-refractivity contribution in [3.8, 4) is 5.75 Å². The lowest BCUT2D eigenvalue weighted by Crippen LogP contribution is -2.51. The maximum Gasteiger partial charge on any atom is 0.122 e. The summed E-state index contributed by atoms with van der Waals surface area (Å²) in [4.78, 5) is 0. The molecule has 0 amide bonds. The number of rotatable bonds is 7. The van der Waals surface area contributed by atoms with Crippen molar-refractivity contribution in [3.63, 3.8) is 0 Å². The first-order valence-electron chi connectivity index (χ1n) is 8.77. The molecule has 0 radical (unpaired) electrons. The van der Waals surface area contributed by atoms with E-state index in [-0.39, 0.29) is 11.6 Å². The molecule has 2 rings (SSSR count). The number of halogens is 1. The van der Waals surface area contributed by atoms with Crippen LogP contribution in [0.4, 0.5) is 0 Å². The van der Waals surface area contributed by atoms with Gasteiger partial charge in [0.25, 0.3) is 0 Å². The molecular weight excluding hydrogens is 322 g/mol. The van der Waals surface area contributed by atoms with Gasteiger partial charge in [-0.15, -0.1) is 0 Å². The van der Waals surface area contributed by atoms with Crippen LogP contribution < -0.4 is 10.1 Å². The summed E-state index contributed by atoms with van der Waals surface area (Å²) in [6, 6.07) is 7.70. The predicted octanol–water partition coefficient (Wildman–Crippen LogP) is 4.85. The predicted molar refractivity (Wildman–Crippen MR) is 101 cm³/mol. The first kappa shape index (κ1) is 19.3. The molecular formula is C20H30ClNO2. The average molecular weight is 352 g/mol. The van der Waals surface area contributed by atoms with Crippen LogP contribution in [0.5, 0.6) is 5.75 Å². The first-order chi connectivity index (χ1) is 11.4. The molecule has 0 spiro atoms. The Balaban J connectivity index is 2.03. The van der Waals surface area contributed by atoms with Crippen LogP contribution in [-0.2, 0) is 4.74 Å². The van der Waals surface area contributed by atoms with Crippen LogP contribution >= 0.6 is 11.6 Å². The maximum absolute atomic E-state index is 6.27. The summed E-state index contributed by atoms with van der Waals surface area (Å²) in [5.41, 5.74) is 0.920. The zero-order valence-corrected chi connectivity index (χ0v) is 16.0. The normalized spacial score (nSPS) is 17.4. The first-order valence-corrected chi connectivity index (χ1v) is 9.15. The van der Waals surface area contributed by atoms with Gasteiger partial charge in [-0.3, -0.25) is 0 Å². The largest absolute Gasteiger partial charge is 0.486 e. The van der Waals surface area contributed by atoms with Gasteiger partial charge in [-0.2, -0.15) is 0 Å². The van der Waals surface area contributed by atoms with Crippen molar-refractivity contribution in [1.82, 2.24) is 5.32 Å². The molecule has 1 N–H and O–H groups in total. The van der Waals surface area contributed by atoms with Gasteiger partial charge < -0.3 is 14.8 Å². The van der Waals surface area contributed by atoms with Crippen LogP contribution in [0.15, 0.2) is 35.9 Å². The molecule has 24 heavy (non-hydrogen) atoms. The molecule has 1 aromatic carbocycles. The van der Waals surface area contributed by atoms with Crippen LogP contribution in [0.3, 0.4) is 0 Å². The second-order valence-electron chi connectivity index (χ2n) is 7.35. The number of nitrogens with one attached hydrogen (secondary N) is 1. The van der Waals surface area contributed by atoms with Crippen LogP contribution in [0.2, 0.25) is 5.02 Å². The highest BCUT2D eigenvalue weighted by molar-refractivity contribution is 6.30. The van der Waals surface area contributed by atoms with Gasteiger partial charge in [-0.25, -0.2) is 0 Å². The lowest BCUT2D eigenvalue weighted by molar-refractivity contribution is 0.0552. The van der Waals surface area contributed by atoms with Crippen molar-refractivity contribution < 1.29 is 9.47 Å². The fourth-order valence-corrected chi connectivity index (χ4v) is 3.08. The van der Waals surface area contributed by atoms with Crippen LogP contribution in [0.25, 0.3) is 0 Å². The standard InChI is InChI=1S/C20H30ClNO2/c1-15(2)13-19(22-14-16-9-11-23-12-10-16)20(3,4)24-18-7-5-17(21)6-8-18/h5-8,13,16,19,22H,9-12,14H2,1-4H3. The highest BCUT2D eigenvalue weighted by Crippen LogP contribution is 2.25. The van der Waals surface area contributed by atoms with E-state index in [0.717, 1.165) is 43.4 Å². The monoisotopic (exact) mass is 351 g/mol. The highest BCUT2D eigenvalue weighted by atomic mass is 35.5. The molecule has 1 fully saturated rings. The van der Waals surface area contributed by atoms with Crippen LogP contribution in [0, 0.1) is 5.92 Å². The highest BCUT2D eigenvalue weighted by Gasteiger charge is 2.30. The second-order valence-corrected chi connectivity index (χ2v) is 7.78. The topological polar surface area (TPSA) is 30.5 Å². The molecule has 0 aromatic heterocycles. The number of hydrogen-bond acceptors (Lipinski definition) is 3. The molecule has 1 aliphatic heterocycles. The Bertz CT molecular complexity index is 529. The van der Waals surface area contributed by atoms with Gasteiger partial charge in [0.05, 0.1) is 6.04 Å². The van der Waals surface area contributed by atoms with Crippen molar-refractivity contribution in [2.75, 3.05) is 19.8 Å². The minimum Gasteiger partial charge on any atom is -0.486 e. The van der Waals surface area contributed by atoms with E-state index < -0.39 is 0 Å². The minimum absolute atomic E-state index is 0.140. The SMILES string of the molecule is CC(C)=CC(NCC1CCOCC1)C(C)(C)Oc1ccc(Cl)cc1. The number of benzene rings is 1. The third kappa shape index (κ3) is 6.12.